The quantitative estimate of drug-likeness (QED) is 0.575. The molecule has 0 aliphatic carbocycles. The Bertz CT molecular complexity index is 798. The second kappa shape index (κ2) is 8.22. The van der Waals surface area contributed by atoms with E-state index in [9.17, 15) is 17.2 Å². The third-order valence-electron chi connectivity index (χ3n) is 3.37. The Balaban J connectivity index is 1.93. The summed E-state index contributed by atoms with van der Waals surface area (Å²) in [7, 11) is -3.41. The lowest BCUT2D eigenvalue weighted by atomic mass is 10.2. The van der Waals surface area contributed by atoms with Gasteiger partial charge in [0.25, 0.3) is 0 Å². The zero-order valence-electron chi connectivity index (χ0n) is 13.4. The summed E-state index contributed by atoms with van der Waals surface area (Å²) in [6.45, 7) is -0.0904. The summed E-state index contributed by atoms with van der Waals surface area (Å²) in [5.41, 5.74) is 5.46. The fourth-order valence-corrected chi connectivity index (χ4v) is 3.40. The van der Waals surface area contributed by atoms with Gasteiger partial charge in [-0.25, -0.2) is 8.42 Å². The molecule has 0 aliphatic rings. The average molecular weight is 367 g/mol. The van der Waals surface area contributed by atoms with Gasteiger partial charge in [0.2, 0.25) is 0 Å². The molecule has 0 saturated heterocycles. The van der Waals surface area contributed by atoms with Crippen molar-refractivity contribution < 1.29 is 21.9 Å². The Labute approximate surface area is 145 Å². The Morgan fingerprint density at radius 2 is 1.68 bits per heavy atom. The number of nitrogens with two attached hydrogens (primary N) is 1. The lowest BCUT2D eigenvalue weighted by molar-refractivity contribution is 0.0625. The second-order valence-electron chi connectivity index (χ2n) is 5.41. The highest BCUT2D eigenvalue weighted by atomic mass is 32.2. The van der Waals surface area contributed by atoms with Gasteiger partial charge in [-0.05, 0) is 48.4 Å². The zero-order valence-corrected chi connectivity index (χ0v) is 14.3. The normalized spacial score (nSPS) is 12.4. The molecule has 0 saturated carbocycles. The van der Waals surface area contributed by atoms with E-state index in [4.69, 9.17) is 4.74 Å². The van der Waals surface area contributed by atoms with E-state index >= 15 is 0 Å². The van der Waals surface area contributed by atoms with E-state index < -0.39 is 15.9 Å². The van der Waals surface area contributed by atoms with Gasteiger partial charge in [0.15, 0.2) is 9.84 Å². The number of rotatable bonds is 8. The van der Waals surface area contributed by atoms with E-state index in [-0.39, 0.29) is 17.3 Å². The number of halogens is 2. The summed E-state index contributed by atoms with van der Waals surface area (Å²) in [6.07, 6.45) is 2.07. The molecule has 2 aromatic carbocycles. The first-order valence-corrected chi connectivity index (χ1v) is 9.25. The van der Waals surface area contributed by atoms with Gasteiger partial charge in [-0.1, -0.05) is 30.3 Å². The molecule has 2 N–H and O–H groups in total. The summed E-state index contributed by atoms with van der Waals surface area (Å²) in [6, 6.07) is 11.9. The minimum atomic E-state index is -3.41. The third-order valence-corrected chi connectivity index (χ3v) is 5.10. The van der Waals surface area contributed by atoms with E-state index in [0.717, 1.165) is 11.6 Å². The number of ether oxygens (including phenoxy) is 1. The molecule has 2 aromatic rings. The van der Waals surface area contributed by atoms with Crippen molar-refractivity contribution >= 4 is 9.84 Å². The maximum atomic E-state index is 12.4. The van der Waals surface area contributed by atoms with Crippen LogP contribution in [-0.2, 0) is 16.3 Å². The molecule has 0 bridgehead atoms. The van der Waals surface area contributed by atoms with Crippen molar-refractivity contribution in [3.63, 3.8) is 0 Å². The molecular weight excluding hydrogens is 348 g/mol. The Morgan fingerprint density at radius 3 is 2.28 bits per heavy atom. The molecule has 0 heterocycles. The van der Waals surface area contributed by atoms with Crippen molar-refractivity contribution in [2.45, 2.75) is 17.4 Å². The van der Waals surface area contributed by atoms with Gasteiger partial charge in [0.1, 0.15) is 12.4 Å². The minimum absolute atomic E-state index is 0.00549. The van der Waals surface area contributed by atoms with Crippen molar-refractivity contribution in [3.05, 3.63) is 72.3 Å². The smallest absolute Gasteiger partial charge is 0.320 e. The van der Waals surface area contributed by atoms with Crippen molar-refractivity contribution in [2.24, 2.45) is 5.73 Å². The Kier molecular flexibility index (Phi) is 6.27. The number of benzene rings is 2. The second-order valence-corrected chi connectivity index (χ2v) is 7.52. The molecule has 0 aromatic heterocycles. The van der Waals surface area contributed by atoms with E-state index in [1.165, 1.54) is 24.3 Å². The summed E-state index contributed by atoms with van der Waals surface area (Å²) >= 11 is 0. The first-order chi connectivity index (χ1) is 11.8. The van der Waals surface area contributed by atoms with Gasteiger partial charge in [-0.2, -0.15) is 8.78 Å². The van der Waals surface area contributed by atoms with Crippen LogP contribution in [0.3, 0.4) is 0 Å². The van der Waals surface area contributed by atoms with Gasteiger partial charge < -0.3 is 4.74 Å². The van der Waals surface area contributed by atoms with Crippen LogP contribution in [0.1, 0.15) is 5.56 Å². The Hall–Kier alpha value is -2.25. The van der Waals surface area contributed by atoms with Crippen molar-refractivity contribution in [1.29, 1.82) is 0 Å². The summed E-state index contributed by atoms with van der Waals surface area (Å²) in [5, 5.41) is 0. The van der Waals surface area contributed by atoms with Crippen LogP contribution < -0.4 is 10.5 Å². The average Bonchev–Trinajstić information content (AvgIpc) is 2.58. The molecule has 0 radical (unpaired) electrons. The molecule has 0 amide bonds. The fraction of sp³-hybridized carbons (Fsp3) is 0.222. The fourth-order valence-electron chi connectivity index (χ4n) is 2.11. The summed E-state index contributed by atoms with van der Waals surface area (Å²) in [5.74, 6) is 0.387. The van der Waals surface area contributed by atoms with Crippen LogP contribution in [0.5, 0.6) is 5.75 Å². The number of hydrogen-bond donors (Lipinski definition) is 1. The highest BCUT2D eigenvalue weighted by Gasteiger charge is 2.16. The highest BCUT2D eigenvalue weighted by molar-refractivity contribution is 7.91. The number of hydrogen-bond acceptors (Lipinski definition) is 4. The Morgan fingerprint density at radius 1 is 1.04 bits per heavy atom. The van der Waals surface area contributed by atoms with Crippen LogP contribution in [0, 0.1) is 0 Å². The summed E-state index contributed by atoms with van der Waals surface area (Å²) < 4.78 is 54.7. The topological polar surface area (TPSA) is 69.4 Å². The lowest BCUT2D eigenvalue weighted by Gasteiger charge is -2.07. The van der Waals surface area contributed by atoms with E-state index in [2.05, 4.69) is 5.73 Å². The van der Waals surface area contributed by atoms with Crippen LogP contribution >= 0.6 is 0 Å². The van der Waals surface area contributed by atoms with Crippen molar-refractivity contribution in [1.82, 2.24) is 0 Å². The predicted octanol–water partition coefficient (Wildman–Crippen LogP) is 3.19. The van der Waals surface area contributed by atoms with E-state index in [1.807, 2.05) is 30.3 Å². The molecule has 2 rings (SSSR count). The summed E-state index contributed by atoms with van der Waals surface area (Å²) in [4.78, 5) is 0.194. The van der Waals surface area contributed by atoms with Gasteiger partial charge in [-0.3, -0.25) is 5.73 Å². The van der Waals surface area contributed by atoms with Crippen LogP contribution in [-0.4, -0.2) is 26.8 Å². The molecule has 0 atom stereocenters. The standard InChI is InChI=1S/C18H19F2NO3S/c19-18(20,21)12-4-13-24-16-7-9-17(10-8-16)25(22,23)14-11-15-5-2-1-3-6-15/h1-10,12H,11,13-14,21H2/b12-4+. The molecular formula is C18H19F2NO3S. The number of aryl methyl sites for hydroxylation is 1. The molecule has 25 heavy (non-hydrogen) atoms. The molecule has 134 valence electrons. The largest absolute Gasteiger partial charge is 0.490 e. The van der Waals surface area contributed by atoms with Crippen molar-refractivity contribution in [3.8, 4) is 5.75 Å². The van der Waals surface area contributed by atoms with Crippen LogP contribution in [0.2, 0.25) is 0 Å². The molecule has 0 spiro atoms. The van der Waals surface area contributed by atoms with Gasteiger partial charge >= 0.3 is 6.05 Å². The molecule has 4 nitrogen and oxygen atoms in total. The first kappa shape index (κ1) is 19.1. The number of alkyl halides is 2. The molecule has 0 unspecified atom stereocenters. The zero-order chi connectivity index (χ0) is 18.3. The van der Waals surface area contributed by atoms with Gasteiger partial charge in [0.05, 0.1) is 10.6 Å². The third kappa shape index (κ3) is 6.64. The van der Waals surface area contributed by atoms with Crippen LogP contribution in [0.25, 0.3) is 0 Å². The first-order valence-electron chi connectivity index (χ1n) is 7.60. The SMILES string of the molecule is NC(F)(F)/C=C/COc1ccc(S(=O)(=O)CCc2ccccc2)cc1. The van der Waals surface area contributed by atoms with Gasteiger partial charge in [-0.15, -0.1) is 0 Å². The van der Waals surface area contributed by atoms with Crippen molar-refractivity contribution in [2.75, 3.05) is 12.4 Å². The maximum Gasteiger partial charge on any atom is 0.320 e. The van der Waals surface area contributed by atoms with Crippen LogP contribution in [0.15, 0.2) is 71.6 Å². The maximum absolute atomic E-state index is 12.4. The molecule has 0 fully saturated rings. The minimum Gasteiger partial charge on any atom is -0.490 e. The molecule has 7 heteroatoms. The van der Waals surface area contributed by atoms with E-state index in [0.29, 0.717) is 18.2 Å². The highest BCUT2D eigenvalue weighted by Crippen LogP contribution is 2.18. The molecule has 0 aliphatic heterocycles. The number of sulfone groups is 1. The van der Waals surface area contributed by atoms with Crippen LogP contribution in [0.4, 0.5) is 8.78 Å². The predicted molar refractivity (Wildman–Crippen MR) is 92.4 cm³/mol. The lowest BCUT2D eigenvalue weighted by Crippen LogP contribution is -2.25. The van der Waals surface area contributed by atoms with Gasteiger partial charge in [0, 0.05) is 0 Å². The monoisotopic (exact) mass is 367 g/mol. The van der Waals surface area contributed by atoms with E-state index in [1.54, 1.807) is 0 Å².